The number of sulfonamides is 1. The molecule has 1 aliphatic rings. The molecule has 30 heavy (non-hydrogen) atoms. The molecule has 0 atom stereocenters. The SMILES string of the molecule is Cc1ccccc1N(CC(=O)NCc1cccc(N2CCCCC2=O)c1)S(C)(=O)=O. The summed E-state index contributed by atoms with van der Waals surface area (Å²) in [6.07, 6.45) is 3.54. The molecular weight excluding hydrogens is 402 g/mol. The first kappa shape index (κ1) is 21.8. The summed E-state index contributed by atoms with van der Waals surface area (Å²) in [5.74, 6) is -0.285. The van der Waals surface area contributed by atoms with Gasteiger partial charge in [-0.05, 0) is 49.1 Å². The third-order valence-electron chi connectivity index (χ3n) is 5.11. The molecule has 0 spiro atoms. The van der Waals surface area contributed by atoms with E-state index >= 15 is 0 Å². The van der Waals surface area contributed by atoms with Crippen LogP contribution >= 0.6 is 0 Å². The van der Waals surface area contributed by atoms with E-state index in [0.29, 0.717) is 18.7 Å². The van der Waals surface area contributed by atoms with E-state index in [1.165, 1.54) is 0 Å². The van der Waals surface area contributed by atoms with E-state index in [-0.39, 0.29) is 19.0 Å². The number of para-hydroxylation sites is 1. The van der Waals surface area contributed by atoms with Crippen molar-refractivity contribution >= 4 is 33.2 Å². The van der Waals surface area contributed by atoms with E-state index in [1.807, 2.05) is 30.3 Å². The summed E-state index contributed by atoms with van der Waals surface area (Å²) in [6, 6.07) is 14.5. The molecule has 8 heteroatoms. The highest BCUT2D eigenvalue weighted by molar-refractivity contribution is 7.92. The molecule has 1 saturated heterocycles. The van der Waals surface area contributed by atoms with Crippen LogP contribution in [0.4, 0.5) is 11.4 Å². The lowest BCUT2D eigenvalue weighted by Crippen LogP contribution is -2.40. The third kappa shape index (κ3) is 5.38. The predicted molar refractivity (Wildman–Crippen MR) is 118 cm³/mol. The minimum Gasteiger partial charge on any atom is -0.350 e. The van der Waals surface area contributed by atoms with Crippen molar-refractivity contribution in [3.63, 3.8) is 0 Å². The van der Waals surface area contributed by atoms with Crippen molar-refractivity contribution in [2.75, 3.05) is 28.6 Å². The summed E-state index contributed by atoms with van der Waals surface area (Å²) < 4.78 is 25.6. The Morgan fingerprint density at radius 3 is 2.60 bits per heavy atom. The van der Waals surface area contributed by atoms with Gasteiger partial charge in [-0.25, -0.2) is 8.42 Å². The lowest BCUT2D eigenvalue weighted by atomic mass is 10.1. The topological polar surface area (TPSA) is 86.8 Å². The molecule has 1 aliphatic heterocycles. The summed E-state index contributed by atoms with van der Waals surface area (Å²) in [5.41, 5.74) is 2.93. The summed E-state index contributed by atoms with van der Waals surface area (Å²) in [5, 5.41) is 2.78. The molecule has 0 saturated carbocycles. The van der Waals surface area contributed by atoms with E-state index < -0.39 is 15.9 Å². The number of hydrogen-bond donors (Lipinski definition) is 1. The van der Waals surface area contributed by atoms with Gasteiger partial charge in [0.05, 0.1) is 11.9 Å². The van der Waals surface area contributed by atoms with Gasteiger partial charge in [-0.15, -0.1) is 0 Å². The van der Waals surface area contributed by atoms with E-state index in [9.17, 15) is 18.0 Å². The molecule has 160 valence electrons. The number of carbonyl (C=O) groups excluding carboxylic acids is 2. The van der Waals surface area contributed by atoms with Gasteiger partial charge in [0.15, 0.2) is 0 Å². The number of hydrogen-bond acceptors (Lipinski definition) is 4. The lowest BCUT2D eigenvalue weighted by molar-refractivity contribution is -0.120. The van der Waals surface area contributed by atoms with Crippen LogP contribution in [0.2, 0.25) is 0 Å². The van der Waals surface area contributed by atoms with Crippen molar-refractivity contribution in [1.29, 1.82) is 0 Å². The molecule has 0 bridgehead atoms. The van der Waals surface area contributed by atoms with Gasteiger partial charge in [-0.1, -0.05) is 30.3 Å². The number of amides is 2. The van der Waals surface area contributed by atoms with Crippen molar-refractivity contribution in [3.05, 3.63) is 59.7 Å². The quantitative estimate of drug-likeness (QED) is 0.733. The lowest BCUT2D eigenvalue weighted by Gasteiger charge is -2.27. The molecular formula is C22H27N3O4S. The van der Waals surface area contributed by atoms with E-state index in [1.54, 1.807) is 30.0 Å². The molecule has 1 fully saturated rings. The number of benzene rings is 2. The molecule has 1 heterocycles. The molecule has 2 aromatic carbocycles. The smallest absolute Gasteiger partial charge is 0.241 e. The highest BCUT2D eigenvalue weighted by Crippen LogP contribution is 2.23. The van der Waals surface area contributed by atoms with E-state index in [4.69, 9.17) is 0 Å². The first-order valence-electron chi connectivity index (χ1n) is 9.95. The highest BCUT2D eigenvalue weighted by Gasteiger charge is 2.22. The Morgan fingerprint density at radius 1 is 1.13 bits per heavy atom. The zero-order chi connectivity index (χ0) is 21.7. The van der Waals surface area contributed by atoms with E-state index in [0.717, 1.165) is 40.2 Å². The van der Waals surface area contributed by atoms with Crippen LogP contribution in [0.5, 0.6) is 0 Å². The molecule has 2 aromatic rings. The number of anilines is 2. The van der Waals surface area contributed by atoms with Gasteiger partial charge in [0, 0.05) is 25.2 Å². The summed E-state index contributed by atoms with van der Waals surface area (Å²) in [6.45, 7) is 2.46. The summed E-state index contributed by atoms with van der Waals surface area (Å²) >= 11 is 0. The maximum Gasteiger partial charge on any atom is 0.241 e. The van der Waals surface area contributed by atoms with Crippen LogP contribution in [0.1, 0.15) is 30.4 Å². The Balaban J connectivity index is 1.67. The van der Waals surface area contributed by atoms with Crippen LogP contribution in [0.3, 0.4) is 0 Å². The Kier molecular flexibility index (Phi) is 6.77. The monoisotopic (exact) mass is 429 g/mol. The Bertz CT molecular complexity index is 1040. The third-order valence-corrected chi connectivity index (χ3v) is 6.23. The fraction of sp³-hybridized carbons (Fsp3) is 0.364. The average Bonchev–Trinajstić information content (AvgIpc) is 2.71. The van der Waals surface area contributed by atoms with Gasteiger partial charge in [-0.2, -0.15) is 0 Å². The van der Waals surface area contributed by atoms with E-state index in [2.05, 4.69) is 5.32 Å². The Labute approximate surface area is 177 Å². The molecule has 7 nitrogen and oxygen atoms in total. The number of nitrogens with one attached hydrogen (secondary N) is 1. The number of piperidine rings is 1. The normalized spacial score (nSPS) is 14.5. The zero-order valence-electron chi connectivity index (χ0n) is 17.3. The first-order valence-corrected chi connectivity index (χ1v) is 11.8. The number of carbonyl (C=O) groups is 2. The fourth-order valence-corrected chi connectivity index (χ4v) is 4.44. The Morgan fingerprint density at radius 2 is 1.90 bits per heavy atom. The van der Waals surface area contributed by atoms with Crippen molar-refractivity contribution in [1.82, 2.24) is 5.32 Å². The largest absolute Gasteiger partial charge is 0.350 e. The van der Waals surface area contributed by atoms with Gasteiger partial charge in [-0.3, -0.25) is 13.9 Å². The standard InChI is InChI=1S/C22H27N3O4S/c1-17-8-3-4-11-20(17)25(30(2,28)29)16-21(26)23-15-18-9-7-10-19(14-18)24-13-6-5-12-22(24)27/h3-4,7-11,14H,5-6,12-13,15-16H2,1-2H3,(H,23,26). The molecule has 3 rings (SSSR count). The van der Waals surface area contributed by atoms with Gasteiger partial charge in [0.1, 0.15) is 6.54 Å². The van der Waals surface area contributed by atoms with Crippen molar-refractivity contribution in [2.24, 2.45) is 0 Å². The second-order valence-electron chi connectivity index (χ2n) is 7.51. The second kappa shape index (κ2) is 9.30. The van der Waals surface area contributed by atoms with Crippen LogP contribution in [-0.2, 0) is 26.2 Å². The van der Waals surface area contributed by atoms with Gasteiger partial charge in [0.25, 0.3) is 0 Å². The van der Waals surface area contributed by atoms with Gasteiger partial charge >= 0.3 is 0 Å². The van der Waals surface area contributed by atoms with Crippen LogP contribution in [0.25, 0.3) is 0 Å². The van der Waals surface area contributed by atoms with Crippen LogP contribution in [-0.4, -0.2) is 39.6 Å². The second-order valence-corrected chi connectivity index (χ2v) is 9.41. The fourth-order valence-electron chi connectivity index (χ4n) is 3.52. The highest BCUT2D eigenvalue weighted by atomic mass is 32.2. The minimum atomic E-state index is -3.62. The molecule has 0 aromatic heterocycles. The maximum absolute atomic E-state index is 12.5. The predicted octanol–water partition coefficient (Wildman–Crippen LogP) is 2.59. The molecule has 0 aliphatic carbocycles. The van der Waals surface area contributed by atoms with Crippen LogP contribution in [0.15, 0.2) is 48.5 Å². The van der Waals surface area contributed by atoms with Gasteiger partial charge < -0.3 is 10.2 Å². The first-order chi connectivity index (χ1) is 14.3. The molecule has 0 unspecified atom stereocenters. The maximum atomic E-state index is 12.5. The Hall–Kier alpha value is -2.87. The molecule has 0 radical (unpaired) electrons. The van der Waals surface area contributed by atoms with Crippen molar-refractivity contribution in [2.45, 2.75) is 32.7 Å². The summed E-state index contributed by atoms with van der Waals surface area (Å²) in [4.78, 5) is 26.4. The minimum absolute atomic E-state index is 0.115. The molecule has 2 amide bonds. The van der Waals surface area contributed by atoms with Crippen molar-refractivity contribution in [3.8, 4) is 0 Å². The van der Waals surface area contributed by atoms with Crippen LogP contribution in [0, 0.1) is 6.92 Å². The van der Waals surface area contributed by atoms with Crippen LogP contribution < -0.4 is 14.5 Å². The number of aryl methyl sites for hydroxylation is 1. The number of nitrogens with zero attached hydrogens (tertiary/aromatic N) is 2. The average molecular weight is 430 g/mol. The zero-order valence-corrected chi connectivity index (χ0v) is 18.1. The van der Waals surface area contributed by atoms with Gasteiger partial charge in [0.2, 0.25) is 21.8 Å². The van der Waals surface area contributed by atoms with Crippen molar-refractivity contribution < 1.29 is 18.0 Å². The summed E-state index contributed by atoms with van der Waals surface area (Å²) in [7, 11) is -3.62. The molecule has 1 N–H and O–H groups in total. The number of rotatable bonds is 7.